The van der Waals surface area contributed by atoms with Crippen LogP contribution in [0.2, 0.25) is 0 Å². The molecule has 1 heterocycles. The Balaban J connectivity index is 2.74. The summed E-state index contributed by atoms with van der Waals surface area (Å²) < 4.78 is 10.5. The van der Waals surface area contributed by atoms with Crippen molar-refractivity contribution in [2.24, 2.45) is 0 Å². The average Bonchev–Trinajstić information content (AvgIpc) is 2.41. The fourth-order valence-corrected chi connectivity index (χ4v) is 1.65. The Kier molecular flexibility index (Phi) is 7.14. The summed E-state index contributed by atoms with van der Waals surface area (Å²) in [5.74, 6) is 1.86. The number of aryl methyl sites for hydroxylation is 1. The van der Waals surface area contributed by atoms with Gasteiger partial charge in [0.25, 0.3) is 0 Å². The smallest absolute Gasteiger partial charge is 0.179 e. The zero-order valence-electron chi connectivity index (χ0n) is 11.8. The van der Waals surface area contributed by atoms with Gasteiger partial charge in [0.05, 0.1) is 25.5 Å². The predicted octanol–water partition coefficient (Wildman–Crippen LogP) is 1.38. The molecule has 108 valence electrons. The maximum atomic E-state index is 9.33. The molecule has 6 heteroatoms. The molecule has 1 aromatic heterocycles. The minimum atomic E-state index is -0.0240. The van der Waals surface area contributed by atoms with E-state index in [0.29, 0.717) is 30.6 Å². The topological polar surface area (TPSA) is 76.5 Å². The van der Waals surface area contributed by atoms with Crippen molar-refractivity contribution in [3.63, 3.8) is 0 Å². The first-order valence-electron chi connectivity index (χ1n) is 6.54. The van der Waals surface area contributed by atoms with Crippen LogP contribution in [0.5, 0.6) is 5.75 Å². The first-order chi connectivity index (χ1) is 9.21. The Hall–Kier alpha value is -1.40. The van der Waals surface area contributed by atoms with Gasteiger partial charge in [-0.2, -0.15) is 0 Å². The molecule has 0 aliphatic rings. The third-order valence-corrected chi connectivity index (χ3v) is 2.62. The number of aromatic nitrogens is 2. The number of rotatable bonds is 9. The molecule has 0 spiro atoms. The summed E-state index contributed by atoms with van der Waals surface area (Å²) in [5, 5.41) is 12.5. The van der Waals surface area contributed by atoms with E-state index in [1.807, 2.05) is 6.92 Å². The van der Waals surface area contributed by atoms with Crippen molar-refractivity contribution in [3.8, 4) is 5.75 Å². The highest BCUT2D eigenvalue weighted by molar-refractivity contribution is 5.49. The van der Waals surface area contributed by atoms with Gasteiger partial charge in [-0.1, -0.05) is 13.3 Å². The minimum absolute atomic E-state index is 0.0240. The summed E-state index contributed by atoms with van der Waals surface area (Å²) >= 11 is 0. The first kappa shape index (κ1) is 15.7. The van der Waals surface area contributed by atoms with Gasteiger partial charge >= 0.3 is 0 Å². The third-order valence-electron chi connectivity index (χ3n) is 2.62. The number of aliphatic hydroxyl groups is 1. The quantitative estimate of drug-likeness (QED) is 0.660. The highest BCUT2D eigenvalue weighted by atomic mass is 16.5. The van der Waals surface area contributed by atoms with E-state index >= 15 is 0 Å². The molecule has 0 saturated heterocycles. The van der Waals surface area contributed by atoms with Crippen LogP contribution in [0.3, 0.4) is 0 Å². The van der Waals surface area contributed by atoms with Gasteiger partial charge in [0.1, 0.15) is 12.4 Å². The Morgan fingerprint density at radius 3 is 2.84 bits per heavy atom. The van der Waals surface area contributed by atoms with Gasteiger partial charge in [-0.3, -0.25) is 0 Å². The highest BCUT2D eigenvalue weighted by Crippen LogP contribution is 2.22. The molecule has 0 fully saturated rings. The second-order valence-corrected chi connectivity index (χ2v) is 4.28. The van der Waals surface area contributed by atoms with E-state index in [1.54, 1.807) is 13.3 Å². The predicted molar refractivity (Wildman–Crippen MR) is 73.5 cm³/mol. The summed E-state index contributed by atoms with van der Waals surface area (Å²) in [6, 6.07) is -0.0240. The molecule has 0 amide bonds. The molecular weight excluding hydrogens is 246 g/mol. The van der Waals surface area contributed by atoms with Crippen LogP contribution in [0.25, 0.3) is 0 Å². The molecule has 19 heavy (non-hydrogen) atoms. The summed E-state index contributed by atoms with van der Waals surface area (Å²) in [5.41, 5.74) is 0. The van der Waals surface area contributed by atoms with Crippen LogP contribution in [0.1, 0.15) is 25.6 Å². The average molecular weight is 269 g/mol. The maximum Gasteiger partial charge on any atom is 0.179 e. The molecule has 2 N–H and O–H groups in total. The van der Waals surface area contributed by atoms with Gasteiger partial charge < -0.3 is 19.9 Å². The van der Waals surface area contributed by atoms with Crippen molar-refractivity contribution < 1.29 is 14.6 Å². The van der Waals surface area contributed by atoms with Crippen molar-refractivity contribution in [3.05, 3.63) is 12.0 Å². The summed E-state index contributed by atoms with van der Waals surface area (Å²) in [6.45, 7) is 4.90. The summed E-state index contributed by atoms with van der Waals surface area (Å²) in [4.78, 5) is 8.44. The Labute approximate surface area is 114 Å². The number of aliphatic hydroxyl groups excluding tert-OH is 1. The lowest BCUT2D eigenvalue weighted by Gasteiger charge is -2.18. The van der Waals surface area contributed by atoms with Gasteiger partial charge in [0, 0.05) is 7.11 Å². The summed E-state index contributed by atoms with van der Waals surface area (Å²) in [6.07, 6.45) is 3.50. The van der Waals surface area contributed by atoms with E-state index in [2.05, 4.69) is 22.2 Å². The molecule has 0 saturated carbocycles. The monoisotopic (exact) mass is 269 g/mol. The van der Waals surface area contributed by atoms with Gasteiger partial charge in [-0.15, -0.1) is 0 Å². The molecule has 1 atom stereocenters. The number of methoxy groups -OCH3 is 1. The van der Waals surface area contributed by atoms with Crippen molar-refractivity contribution in [2.75, 3.05) is 32.2 Å². The molecule has 0 aromatic carbocycles. The molecule has 0 aliphatic heterocycles. The lowest BCUT2D eigenvalue weighted by atomic mass is 10.2. The zero-order chi connectivity index (χ0) is 14.1. The number of nitrogens with zero attached hydrogens (tertiary/aromatic N) is 2. The van der Waals surface area contributed by atoms with E-state index in [0.717, 1.165) is 12.8 Å². The Morgan fingerprint density at radius 2 is 2.21 bits per heavy atom. The standard InChI is InChI=1S/C13H23N3O3/c1-4-5-11(9-17)16-13-12(19-7-6-18-3)8-14-10(2)15-13/h8,11,17H,4-7,9H2,1-3H3,(H,14,15,16)/t11-/m0/s1. The molecule has 0 aliphatic carbocycles. The highest BCUT2D eigenvalue weighted by Gasteiger charge is 2.12. The van der Waals surface area contributed by atoms with Crippen LogP contribution in [0.4, 0.5) is 5.82 Å². The van der Waals surface area contributed by atoms with E-state index in [4.69, 9.17) is 9.47 Å². The van der Waals surface area contributed by atoms with Crippen LogP contribution in [-0.4, -0.2) is 48.0 Å². The van der Waals surface area contributed by atoms with E-state index < -0.39 is 0 Å². The van der Waals surface area contributed by atoms with Crippen LogP contribution in [-0.2, 0) is 4.74 Å². The molecule has 0 unspecified atom stereocenters. The first-order valence-corrected chi connectivity index (χ1v) is 6.54. The molecule has 6 nitrogen and oxygen atoms in total. The van der Waals surface area contributed by atoms with Crippen molar-refractivity contribution in [1.82, 2.24) is 9.97 Å². The largest absolute Gasteiger partial charge is 0.486 e. The minimum Gasteiger partial charge on any atom is -0.486 e. The van der Waals surface area contributed by atoms with Crippen molar-refractivity contribution in [2.45, 2.75) is 32.7 Å². The van der Waals surface area contributed by atoms with E-state index in [1.165, 1.54) is 0 Å². The summed E-state index contributed by atoms with van der Waals surface area (Å²) in [7, 11) is 1.62. The lowest BCUT2D eigenvalue weighted by molar-refractivity contribution is 0.146. The molecular formula is C13H23N3O3. The van der Waals surface area contributed by atoms with Gasteiger partial charge in [0.15, 0.2) is 11.6 Å². The zero-order valence-corrected chi connectivity index (χ0v) is 11.8. The van der Waals surface area contributed by atoms with Crippen LogP contribution in [0, 0.1) is 6.92 Å². The van der Waals surface area contributed by atoms with Crippen LogP contribution >= 0.6 is 0 Å². The second-order valence-electron chi connectivity index (χ2n) is 4.28. The fourth-order valence-electron chi connectivity index (χ4n) is 1.65. The van der Waals surface area contributed by atoms with Gasteiger partial charge in [-0.05, 0) is 13.3 Å². The SMILES string of the molecule is CCC[C@@H](CO)Nc1nc(C)ncc1OCCOC. The third kappa shape index (κ3) is 5.40. The van der Waals surface area contributed by atoms with Crippen LogP contribution in [0.15, 0.2) is 6.20 Å². The number of nitrogens with one attached hydrogen (secondary N) is 1. The number of hydrogen-bond donors (Lipinski definition) is 2. The van der Waals surface area contributed by atoms with Gasteiger partial charge in [-0.25, -0.2) is 9.97 Å². The molecule has 1 aromatic rings. The van der Waals surface area contributed by atoms with Crippen LogP contribution < -0.4 is 10.1 Å². The molecule has 0 bridgehead atoms. The molecule has 0 radical (unpaired) electrons. The van der Waals surface area contributed by atoms with Gasteiger partial charge in [0.2, 0.25) is 0 Å². The molecule has 1 rings (SSSR count). The van der Waals surface area contributed by atoms with Crippen molar-refractivity contribution in [1.29, 1.82) is 0 Å². The number of hydrogen-bond acceptors (Lipinski definition) is 6. The number of anilines is 1. The second kappa shape index (κ2) is 8.66. The Bertz CT molecular complexity index is 374. The van der Waals surface area contributed by atoms with Crippen molar-refractivity contribution >= 4 is 5.82 Å². The number of ether oxygens (including phenoxy) is 2. The van der Waals surface area contributed by atoms with E-state index in [9.17, 15) is 5.11 Å². The lowest BCUT2D eigenvalue weighted by Crippen LogP contribution is -2.25. The van der Waals surface area contributed by atoms with E-state index in [-0.39, 0.29) is 12.6 Å². The normalized spacial score (nSPS) is 12.2. The Morgan fingerprint density at radius 1 is 1.42 bits per heavy atom. The maximum absolute atomic E-state index is 9.33. The fraction of sp³-hybridized carbons (Fsp3) is 0.692.